The summed E-state index contributed by atoms with van der Waals surface area (Å²) in [5.41, 5.74) is 1.33. The summed E-state index contributed by atoms with van der Waals surface area (Å²) in [6.07, 6.45) is 3.27. The number of aromatic nitrogens is 1. The number of nitrogens with zero attached hydrogens (tertiary/aromatic N) is 2. The van der Waals surface area contributed by atoms with Gasteiger partial charge in [0, 0.05) is 44.5 Å². The number of hydrogen-bond donors (Lipinski definition) is 1. The zero-order valence-electron chi connectivity index (χ0n) is 16.4. The Morgan fingerprint density at radius 3 is 2.48 bits per heavy atom. The van der Waals surface area contributed by atoms with Gasteiger partial charge in [-0.25, -0.2) is 9.37 Å². The van der Waals surface area contributed by atoms with Crippen molar-refractivity contribution in [3.05, 3.63) is 59.5 Å². The number of benzene rings is 1. The molecule has 0 radical (unpaired) electrons. The Morgan fingerprint density at radius 1 is 1.07 bits per heavy atom. The third-order valence-electron chi connectivity index (χ3n) is 5.84. The van der Waals surface area contributed by atoms with E-state index in [1.165, 1.54) is 12.1 Å². The molecule has 4 rings (SSSR count). The molecule has 29 heavy (non-hydrogen) atoms. The summed E-state index contributed by atoms with van der Waals surface area (Å²) < 4.78 is 24.4. The molecule has 1 aromatic heterocycles. The lowest BCUT2D eigenvalue weighted by Gasteiger charge is -2.38. The fourth-order valence-electron chi connectivity index (χ4n) is 4.08. The lowest BCUT2D eigenvalue weighted by Crippen LogP contribution is -2.45. The van der Waals surface area contributed by atoms with Crippen LogP contribution >= 0.6 is 0 Å². The third kappa shape index (κ3) is 4.41. The Balaban J connectivity index is 1.52. The maximum atomic E-state index is 13.4. The third-order valence-corrected chi connectivity index (χ3v) is 5.84. The largest absolute Gasteiger partial charge is 0.381 e. The Hall–Kier alpha value is -2.51. The van der Waals surface area contributed by atoms with Crippen LogP contribution in [-0.4, -0.2) is 57.0 Å². The van der Waals surface area contributed by atoms with Crippen molar-refractivity contribution in [2.45, 2.75) is 18.3 Å². The number of anilines is 1. The minimum atomic E-state index is -0.261. The van der Waals surface area contributed by atoms with Crippen LogP contribution in [0.3, 0.4) is 0 Å². The standard InChI is InChI=1S/C22H26FN3O3/c23-18-5-3-17(4-6-18)22(7-12-28-13-8-22)16-25-21(27)19-2-1-9-24-20(19)26-10-14-29-15-11-26/h1-6,9H,7-8,10-16H2,(H,25,27). The highest BCUT2D eigenvalue weighted by Crippen LogP contribution is 2.34. The minimum absolute atomic E-state index is 0.146. The first-order valence-corrected chi connectivity index (χ1v) is 10.1. The molecule has 6 nitrogen and oxygen atoms in total. The fourth-order valence-corrected chi connectivity index (χ4v) is 4.08. The van der Waals surface area contributed by atoms with Crippen LogP contribution in [0.4, 0.5) is 10.2 Å². The second-order valence-electron chi connectivity index (χ2n) is 7.56. The monoisotopic (exact) mass is 399 g/mol. The van der Waals surface area contributed by atoms with E-state index in [1.807, 2.05) is 18.2 Å². The summed E-state index contributed by atoms with van der Waals surface area (Å²) in [6, 6.07) is 10.2. The Bertz CT molecular complexity index is 831. The van der Waals surface area contributed by atoms with E-state index < -0.39 is 0 Å². The predicted molar refractivity (Wildman–Crippen MR) is 108 cm³/mol. The summed E-state index contributed by atoms with van der Waals surface area (Å²) in [5.74, 6) is 0.286. The molecule has 0 bridgehead atoms. The van der Waals surface area contributed by atoms with E-state index in [9.17, 15) is 9.18 Å². The molecule has 2 aliphatic heterocycles. The summed E-state index contributed by atoms with van der Waals surface area (Å²) in [6.45, 7) is 4.41. The van der Waals surface area contributed by atoms with Gasteiger partial charge in [0.1, 0.15) is 11.6 Å². The first kappa shape index (κ1) is 19.8. The summed E-state index contributed by atoms with van der Waals surface area (Å²) >= 11 is 0. The van der Waals surface area contributed by atoms with E-state index in [-0.39, 0.29) is 17.1 Å². The van der Waals surface area contributed by atoms with Crippen LogP contribution in [0.1, 0.15) is 28.8 Å². The van der Waals surface area contributed by atoms with Crippen LogP contribution < -0.4 is 10.2 Å². The van der Waals surface area contributed by atoms with Gasteiger partial charge in [0.15, 0.2) is 0 Å². The fraction of sp³-hybridized carbons (Fsp3) is 0.455. The van der Waals surface area contributed by atoms with Crippen molar-refractivity contribution in [3.8, 4) is 0 Å². The van der Waals surface area contributed by atoms with Gasteiger partial charge in [-0.3, -0.25) is 4.79 Å². The molecular formula is C22H26FN3O3. The maximum Gasteiger partial charge on any atom is 0.255 e. The van der Waals surface area contributed by atoms with Crippen LogP contribution in [0.2, 0.25) is 0 Å². The van der Waals surface area contributed by atoms with Gasteiger partial charge < -0.3 is 19.7 Å². The molecule has 1 aromatic carbocycles. The van der Waals surface area contributed by atoms with Gasteiger partial charge in [-0.05, 0) is 42.7 Å². The lowest BCUT2D eigenvalue weighted by atomic mass is 9.74. The number of rotatable bonds is 5. The maximum absolute atomic E-state index is 13.4. The van der Waals surface area contributed by atoms with Crippen LogP contribution in [-0.2, 0) is 14.9 Å². The molecule has 0 spiro atoms. The van der Waals surface area contributed by atoms with Crippen molar-refractivity contribution in [1.82, 2.24) is 10.3 Å². The van der Waals surface area contributed by atoms with Crippen LogP contribution in [0, 0.1) is 5.82 Å². The molecule has 1 N–H and O–H groups in total. The Labute approximate surface area is 170 Å². The molecule has 154 valence electrons. The average Bonchev–Trinajstić information content (AvgIpc) is 2.79. The minimum Gasteiger partial charge on any atom is -0.381 e. The smallest absolute Gasteiger partial charge is 0.255 e. The van der Waals surface area contributed by atoms with E-state index in [0.717, 1.165) is 18.4 Å². The van der Waals surface area contributed by atoms with Gasteiger partial charge in [-0.2, -0.15) is 0 Å². The topological polar surface area (TPSA) is 63.7 Å². The highest BCUT2D eigenvalue weighted by molar-refractivity contribution is 5.99. The number of amides is 1. The number of halogens is 1. The number of morpholine rings is 1. The van der Waals surface area contributed by atoms with Gasteiger partial charge in [0.05, 0.1) is 18.8 Å². The summed E-state index contributed by atoms with van der Waals surface area (Å²) in [4.78, 5) is 19.6. The number of hydrogen-bond acceptors (Lipinski definition) is 5. The number of pyridine rings is 1. The van der Waals surface area contributed by atoms with Gasteiger partial charge in [-0.15, -0.1) is 0 Å². The molecule has 1 amide bonds. The molecular weight excluding hydrogens is 373 g/mol. The first-order valence-electron chi connectivity index (χ1n) is 10.1. The van der Waals surface area contributed by atoms with Crippen LogP contribution in [0.25, 0.3) is 0 Å². The van der Waals surface area contributed by atoms with Crippen LogP contribution in [0.15, 0.2) is 42.6 Å². The zero-order chi connectivity index (χ0) is 20.1. The van der Waals surface area contributed by atoms with E-state index in [1.54, 1.807) is 12.3 Å². The van der Waals surface area contributed by atoms with Crippen molar-refractivity contribution < 1.29 is 18.7 Å². The van der Waals surface area contributed by atoms with E-state index >= 15 is 0 Å². The van der Waals surface area contributed by atoms with Gasteiger partial charge >= 0.3 is 0 Å². The predicted octanol–water partition coefficient (Wildman–Crippen LogP) is 2.54. The van der Waals surface area contributed by atoms with Gasteiger partial charge in [-0.1, -0.05) is 12.1 Å². The molecule has 2 saturated heterocycles. The second kappa shape index (κ2) is 8.88. The molecule has 0 aliphatic carbocycles. The van der Waals surface area contributed by atoms with Crippen molar-refractivity contribution >= 4 is 11.7 Å². The van der Waals surface area contributed by atoms with Crippen molar-refractivity contribution in [1.29, 1.82) is 0 Å². The van der Waals surface area contributed by atoms with Crippen LogP contribution in [0.5, 0.6) is 0 Å². The van der Waals surface area contributed by atoms with Gasteiger partial charge in [0.25, 0.3) is 5.91 Å². The number of nitrogens with one attached hydrogen (secondary N) is 1. The molecule has 0 atom stereocenters. The number of ether oxygens (including phenoxy) is 2. The normalized spacial score (nSPS) is 19.0. The number of carbonyl (C=O) groups excluding carboxylic acids is 1. The number of carbonyl (C=O) groups is 1. The Morgan fingerprint density at radius 2 is 1.76 bits per heavy atom. The SMILES string of the molecule is O=C(NCC1(c2ccc(F)cc2)CCOCC1)c1cccnc1N1CCOCC1. The molecule has 2 aromatic rings. The van der Waals surface area contributed by atoms with E-state index in [2.05, 4.69) is 15.2 Å². The molecule has 0 unspecified atom stereocenters. The van der Waals surface area contributed by atoms with E-state index in [0.29, 0.717) is 57.4 Å². The molecule has 0 saturated carbocycles. The Kier molecular flexibility index (Phi) is 6.06. The summed E-state index contributed by atoms with van der Waals surface area (Å²) in [5, 5.41) is 3.12. The van der Waals surface area contributed by atoms with Gasteiger partial charge in [0.2, 0.25) is 0 Å². The summed E-state index contributed by atoms with van der Waals surface area (Å²) in [7, 11) is 0. The highest BCUT2D eigenvalue weighted by atomic mass is 19.1. The molecule has 2 aliphatic rings. The van der Waals surface area contributed by atoms with Crippen molar-refractivity contribution in [3.63, 3.8) is 0 Å². The second-order valence-corrected chi connectivity index (χ2v) is 7.56. The van der Waals surface area contributed by atoms with Crippen molar-refractivity contribution in [2.75, 3.05) is 51.0 Å². The first-order chi connectivity index (χ1) is 14.2. The lowest BCUT2D eigenvalue weighted by molar-refractivity contribution is 0.0487. The molecule has 3 heterocycles. The molecule has 2 fully saturated rings. The highest BCUT2D eigenvalue weighted by Gasteiger charge is 2.35. The quantitative estimate of drug-likeness (QED) is 0.837. The average molecular weight is 399 g/mol. The van der Waals surface area contributed by atoms with Crippen molar-refractivity contribution in [2.24, 2.45) is 0 Å². The zero-order valence-corrected chi connectivity index (χ0v) is 16.4. The molecule has 7 heteroatoms. The van der Waals surface area contributed by atoms with E-state index in [4.69, 9.17) is 9.47 Å².